The van der Waals surface area contributed by atoms with Gasteiger partial charge in [-0.3, -0.25) is 0 Å². The van der Waals surface area contributed by atoms with E-state index < -0.39 is 27.4 Å². The molecule has 0 amide bonds. The van der Waals surface area contributed by atoms with Gasteiger partial charge in [0, 0.05) is 21.1 Å². The van der Waals surface area contributed by atoms with Crippen LogP contribution in [0.25, 0.3) is 0 Å². The van der Waals surface area contributed by atoms with E-state index in [2.05, 4.69) is 195 Å². The third-order valence-corrected chi connectivity index (χ3v) is 11.3. The van der Waals surface area contributed by atoms with Crippen LogP contribution < -0.4 is 31.8 Å². The summed E-state index contributed by atoms with van der Waals surface area (Å²) in [6, 6.07) is 64.7. The van der Waals surface area contributed by atoms with Gasteiger partial charge in [-0.15, -0.1) is 0 Å². The first-order valence-electron chi connectivity index (χ1n) is 14.7. The molecule has 6 rings (SSSR count). The molecule has 0 N–H and O–H groups in total. The molecule has 0 aliphatic rings. The van der Waals surface area contributed by atoms with Crippen LogP contribution >= 0.6 is 15.8 Å². The zero-order chi connectivity index (χ0) is 32.8. The molecule has 0 aliphatic carbocycles. The van der Waals surface area contributed by atoms with Crippen molar-refractivity contribution in [3.63, 3.8) is 0 Å². The number of rotatable bonds is 7. The van der Waals surface area contributed by atoms with E-state index in [0.717, 1.165) is 5.57 Å². The van der Waals surface area contributed by atoms with E-state index in [9.17, 15) is 0 Å². The minimum absolute atomic E-state index is 0. The van der Waals surface area contributed by atoms with Crippen molar-refractivity contribution >= 4 is 59.2 Å². The second kappa shape index (κ2) is 23.5. The molecule has 6 aromatic rings. The van der Waals surface area contributed by atoms with Crippen molar-refractivity contribution in [2.75, 3.05) is 0 Å². The minimum atomic E-state index is -0.750. The van der Waals surface area contributed by atoms with Gasteiger partial charge in [-0.05, 0) is 54.6 Å². The first-order chi connectivity index (χ1) is 22.6. The van der Waals surface area contributed by atoms with Crippen molar-refractivity contribution in [3.05, 3.63) is 207 Å². The summed E-state index contributed by atoms with van der Waals surface area (Å²) in [5, 5.41) is 8.39. The summed E-state index contributed by atoms with van der Waals surface area (Å²) in [6.45, 7) is 8.93. The van der Waals surface area contributed by atoms with Gasteiger partial charge in [0.2, 0.25) is 0 Å². The molecule has 6 heteroatoms. The van der Waals surface area contributed by atoms with Crippen LogP contribution in [0, 0.1) is 0 Å². The van der Waals surface area contributed by atoms with Crippen LogP contribution in [0.2, 0.25) is 0 Å². The summed E-state index contributed by atoms with van der Waals surface area (Å²) in [7, 11) is -0.892. The molecule has 0 saturated heterocycles. The van der Waals surface area contributed by atoms with Crippen LogP contribution in [0.3, 0.4) is 0 Å². The Morgan fingerprint density at radius 2 is 0.574 bits per heavy atom. The van der Waals surface area contributed by atoms with Crippen LogP contribution in [-0.2, 0) is 32.6 Å². The maximum Gasteiger partial charge on any atom is 0.335 e. The van der Waals surface area contributed by atoms with Gasteiger partial charge in [0.15, 0.2) is 0 Å². The van der Waals surface area contributed by atoms with Crippen molar-refractivity contribution in [2.45, 2.75) is 6.92 Å². The van der Waals surface area contributed by atoms with Gasteiger partial charge in [-0.2, -0.15) is 8.42 Å². The van der Waals surface area contributed by atoms with E-state index >= 15 is 0 Å². The quantitative estimate of drug-likeness (QED) is 0.121. The molecule has 0 spiro atoms. The average Bonchev–Trinajstić information content (AvgIpc) is 3.12. The third kappa shape index (κ3) is 13.8. The molecule has 0 bridgehead atoms. The summed E-state index contributed by atoms with van der Waals surface area (Å²) in [4.78, 5) is 0. The second-order valence-electron chi connectivity index (χ2n) is 9.80. The molecule has 0 heterocycles. The van der Waals surface area contributed by atoms with Crippen molar-refractivity contribution in [3.8, 4) is 0 Å². The van der Waals surface area contributed by atoms with Crippen LogP contribution in [0.5, 0.6) is 0 Å². The van der Waals surface area contributed by atoms with Crippen LogP contribution in [0.15, 0.2) is 207 Å². The van der Waals surface area contributed by atoms with Crippen molar-refractivity contribution in [2.24, 2.45) is 0 Å². The average molecular weight is 852 g/mol. The number of hydrogen-bond acceptors (Lipinski definition) is 2. The molecule has 0 aromatic heterocycles. The zero-order valence-electron chi connectivity index (χ0n) is 26.2. The van der Waals surface area contributed by atoms with Gasteiger partial charge in [0.25, 0.3) is 0 Å². The molecule has 47 heavy (non-hydrogen) atoms. The maximum absolute atomic E-state index is 8.29. The maximum atomic E-state index is 8.29. The van der Waals surface area contributed by atoms with Crippen LogP contribution in [-0.4, -0.2) is 8.42 Å². The third-order valence-electron chi connectivity index (χ3n) is 6.43. The summed E-state index contributed by atoms with van der Waals surface area (Å²) in [5.41, 5.74) is 1.02. The van der Waals surface area contributed by atoms with Gasteiger partial charge in [0.05, 0.1) is 0 Å². The Morgan fingerprint density at radius 1 is 0.447 bits per heavy atom. The van der Waals surface area contributed by atoms with Crippen LogP contribution in [0.1, 0.15) is 6.92 Å². The van der Waals surface area contributed by atoms with E-state index in [-0.39, 0.29) is 21.1 Å². The van der Waals surface area contributed by atoms with Crippen molar-refractivity contribution in [1.82, 2.24) is 0 Å². The standard InChI is InChI=1S/2C18H15P.C5H8.O2S.Pt/c2*1-4-10-16(11-5-1)19(17-12-6-2-7-13-17)18-14-8-3-9-15-18;1-4-5(2)3;1-3-2;/h2*1-15H;4H,1-2H2,3H3;;. The molecule has 2 nitrogen and oxygen atoms in total. The van der Waals surface area contributed by atoms with E-state index in [1.54, 1.807) is 6.08 Å². The summed E-state index contributed by atoms with van der Waals surface area (Å²) in [6.07, 6.45) is 1.72. The number of hydrogen-bond donors (Lipinski definition) is 0. The topological polar surface area (TPSA) is 34.1 Å². The van der Waals surface area contributed by atoms with Crippen molar-refractivity contribution < 1.29 is 29.5 Å². The molecular formula is C41H38O2P2PtS. The van der Waals surface area contributed by atoms with Crippen LogP contribution in [0.4, 0.5) is 0 Å². The SMILES string of the molecule is C=CC(=C)C.O=S=O.[Pt].c1ccc(P(c2ccccc2)c2ccccc2)cc1.c1ccc(P(c2ccccc2)c2ccccc2)cc1. The Balaban J connectivity index is 0.000000263. The molecule has 240 valence electrons. The van der Waals surface area contributed by atoms with E-state index in [1.165, 1.54) is 31.8 Å². The normalized spacial score (nSPS) is 9.51. The van der Waals surface area contributed by atoms with Crippen molar-refractivity contribution in [1.29, 1.82) is 0 Å². The number of allylic oxidation sites excluding steroid dienone is 2. The van der Waals surface area contributed by atoms with Gasteiger partial charge < -0.3 is 0 Å². The summed E-state index contributed by atoms with van der Waals surface area (Å²) in [5.74, 6) is 0. The fourth-order valence-corrected chi connectivity index (χ4v) is 8.97. The summed E-state index contributed by atoms with van der Waals surface area (Å²) < 4.78 is 16.6. The predicted octanol–water partition coefficient (Wildman–Crippen LogP) is 7.97. The zero-order valence-corrected chi connectivity index (χ0v) is 31.1. The fourth-order valence-electron chi connectivity index (χ4n) is 4.36. The molecule has 0 fully saturated rings. The first-order valence-corrected chi connectivity index (χ1v) is 18.0. The molecule has 6 aromatic carbocycles. The number of benzene rings is 6. The Morgan fingerprint density at radius 3 is 0.681 bits per heavy atom. The Hall–Kier alpha value is -3.83. The molecule has 0 atom stereocenters. The smallest absolute Gasteiger partial charge is 0.168 e. The van der Waals surface area contributed by atoms with Gasteiger partial charge in [-0.25, -0.2) is 0 Å². The van der Waals surface area contributed by atoms with Gasteiger partial charge in [-0.1, -0.05) is 207 Å². The second-order valence-corrected chi connectivity index (χ2v) is 14.4. The fraction of sp³-hybridized carbons (Fsp3) is 0.0244. The summed E-state index contributed by atoms with van der Waals surface area (Å²) >= 11 is -0.750. The molecule has 0 saturated carbocycles. The Bertz CT molecular complexity index is 1430. The molecule has 0 unspecified atom stereocenters. The van der Waals surface area contributed by atoms with E-state index in [4.69, 9.17) is 8.42 Å². The van der Waals surface area contributed by atoms with E-state index in [0.29, 0.717) is 0 Å². The van der Waals surface area contributed by atoms with Gasteiger partial charge >= 0.3 is 11.6 Å². The van der Waals surface area contributed by atoms with E-state index in [1.807, 2.05) is 6.92 Å². The monoisotopic (exact) mass is 851 g/mol. The van der Waals surface area contributed by atoms with Gasteiger partial charge in [0.1, 0.15) is 0 Å². The predicted molar refractivity (Wildman–Crippen MR) is 204 cm³/mol. The Kier molecular flexibility index (Phi) is 19.7. The molecular weight excluding hydrogens is 814 g/mol. The minimum Gasteiger partial charge on any atom is -0.168 e. The molecule has 0 aliphatic heterocycles. The molecule has 0 radical (unpaired) electrons. The largest absolute Gasteiger partial charge is 0.335 e. The first kappa shape index (κ1) is 39.3. The Labute approximate surface area is 300 Å².